The SMILES string of the molecule is COc1ccc2c(c1)OCN(C[C@@]1(c3cc4cc(CN)ccc4o3)NC(=O)NC1=O)C2. The molecule has 5 rings (SSSR count). The molecule has 1 saturated heterocycles. The van der Waals surface area contributed by atoms with E-state index in [1.807, 2.05) is 41.3 Å². The summed E-state index contributed by atoms with van der Waals surface area (Å²) in [4.78, 5) is 27.0. The number of nitrogens with one attached hydrogen (secondary N) is 2. The van der Waals surface area contributed by atoms with Crippen LogP contribution in [0.1, 0.15) is 16.9 Å². The molecule has 9 heteroatoms. The average molecular weight is 422 g/mol. The topological polar surface area (TPSA) is 119 Å². The number of carbonyl (C=O) groups is 2. The van der Waals surface area contributed by atoms with Gasteiger partial charge in [0.1, 0.15) is 29.6 Å². The Balaban J connectivity index is 1.48. The lowest BCUT2D eigenvalue weighted by molar-refractivity contribution is -0.126. The number of rotatable bonds is 5. The molecule has 1 aromatic heterocycles. The molecule has 0 radical (unpaired) electrons. The van der Waals surface area contributed by atoms with Gasteiger partial charge in [0, 0.05) is 36.7 Å². The van der Waals surface area contributed by atoms with E-state index in [-0.39, 0.29) is 13.3 Å². The van der Waals surface area contributed by atoms with Gasteiger partial charge in [-0.3, -0.25) is 15.0 Å². The second kappa shape index (κ2) is 7.29. The summed E-state index contributed by atoms with van der Waals surface area (Å²) in [6, 6.07) is 12.4. The lowest BCUT2D eigenvalue weighted by atomic mass is 9.94. The Bertz CT molecular complexity index is 1190. The summed E-state index contributed by atoms with van der Waals surface area (Å²) in [5.41, 5.74) is 6.90. The molecule has 2 aliphatic heterocycles. The molecule has 3 aromatic rings. The van der Waals surface area contributed by atoms with Crippen molar-refractivity contribution in [2.45, 2.75) is 18.6 Å². The first-order valence-corrected chi connectivity index (χ1v) is 9.89. The molecule has 0 spiro atoms. The van der Waals surface area contributed by atoms with Crippen molar-refractivity contribution in [3.05, 3.63) is 59.4 Å². The number of nitrogens with zero attached hydrogens (tertiary/aromatic N) is 1. The van der Waals surface area contributed by atoms with Crippen molar-refractivity contribution in [3.63, 3.8) is 0 Å². The fourth-order valence-electron chi connectivity index (χ4n) is 4.10. The van der Waals surface area contributed by atoms with Gasteiger partial charge in [-0.2, -0.15) is 0 Å². The molecule has 0 unspecified atom stereocenters. The molecule has 0 aliphatic carbocycles. The number of carbonyl (C=O) groups excluding carboxylic acids is 2. The van der Waals surface area contributed by atoms with Crippen molar-refractivity contribution in [1.82, 2.24) is 15.5 Å². The Morgan fingerprint density at radius 1 is 1.19 bits per heavy atom. The molecule has 0 saturated carbocycles. The zero-order valence-corrected chi connectivity index (χ0v) is 16.9. The third-order valence-electron chi connectivity index (χ3n) is 5.71. The van der Waals surface area contributed by atoms with Gasteiger partial charge in [-0.1, -0.05) is 12.1 Å². The second-order valence-corrected chi connectivity index (χ2v) is 7.73. The van der Waals surface area contributed by atoms with Crippen LogP contribution in [0.4, 0.5) is 4.79 Å². The van der Waals surface area contributed by atoms with Crippen molar-refractivity contribution < 1.29 is 23.5 Å². The number of urea groups is 1. The summed E-state index contributed by atoms with van der Waals surface area (Å²) in [7, 11) is 1.60. The molecule has 1 fully saturated rings. The summed E-state index contributed by atoms with van der Waals surface area (Å²) in [6.07, 6.45) is 0. The highest BCUT2D eigenvalue weighted by Gasteiger charge is 2.51. The molecule has 1 atom stereocenters. The number of nitrogens with two attached hydrogens (primary N) is 1. The lowest BCUT2D eigenvalue weighted by Crippen LogP contribution is -2.53. The van der Waals surface area contributed by atoms with Crippen LogP contribution in [-0.4, -0.2) is 37.2 Å². The number of ether oxygens (including phenoxy) is 2. The predicted octanol–water partition coefficient (Wildman–Crippen LogP) is 1.79. The number of methoxy groups -OCH3 is 1. The maximum atomic E-state index is 13.0. The van der Waals surface area contributed by atoms with Gasteiger partial charge in [-0.25, -0.2) is 4.79 Å². The smallest absolute Gasteiger partial charge is 0.322 e. The van der Waals surface area contributed by atoms with Gasteiger partial charge in [-0.05, 0) is 29.8 Å². The maximum absolute atomic E-state index is 13.0. The molecule has 2 aliphatic rings. The fraction of sp³-hybridized carbons (Fsp3) is 0.273. The van der Waals surface area contributed by atoms with E-state index < -0.39 is 17.5 Å². The maximum Gasteiger partial charge on any atom is 0.322 e. The van der Waals surface area contributed by atoms with Crippen molar-refractivity contribution in [3.8, 4) is 11.5 Å². The molecule has 3 amide bonds. The van der Waals surface area contributed by atoms with E-state index >= 15 is 0 Å². The Morgan fingerprint density at radius 3 is 2.81 bits per heavy atom. The van der Waals surface area contributed by atoms with E-state index in [1.165, 1.54) is 0 Å². The average Bonchev–Trinajstić information content (AvgIpc) is 3.33. The summed E-state index contributed by atoms with van der Waals surface area (Å²) < 4.78 is 17.1. The van der Waals surface area contributed by atoms with Crippen LogP contribution in [0.2, 0.25) is 0 Å². The number of amides is 3. The van der Waals surface area contributed by atoms with Crippen LogP contribution in [0.3, 0.4) is 0 Å². The van der Waals surface area contributed by atoms with Gasteiger partial charge in [0.25, 0.3) is 5.91 Å². The van der Waals surface area contributed by atoms with Crippen LogP contribution in [0.15, 0.2) is 46.9 Å². The molecular formula is C22H22N4O5. The Kier molecular flexibility index (Phi) is 4.57. The highest BCUT2D eigenvalue weighted by molar-refractivity contribution is 6.07. The normalized spacial score (nSPS) is 20.8. The summed E-state index contributed by atoms with van der Waals surface area (Å²) in [5, 5.41) is 5.94. The molecule has 3 heterocycles. The first kappa shape index (κ1) is 19.4. The molecule has 4 N–H and O–H groups in total. The lowest BCUT2D eigenvalue weighted by Gasteiger charge is -2.34. The Hall–Kier alpha value is -3.56. The van der Waals surface area contributed by atoms with Gasteiger partial charge < -0.3 is 24.9 Å². The first-order chi connectivity index (χ1) is 15.0. The third kappa shape index (κ3) is 3.28. The van der Waals surface area contributed by atoms with Crippen molar-refractivity contribution in [2.75, 3.05) is 20.4 Å². The minimum absolute atomic E-state index is 0.180. The minimum Gasteiger partial charge on any atom is -0.497 e. The number of hydrogen-bond acceptors (Lipinski definition) is 7. The van der Waals surface area contributed by atoms with Gasteiger partial charge in [0.05, 0.1) is 7.11 Å². The first-order valence-electron chi connectivity index (χ1n) is 9.89. The molecule has 160 valence electrons. The number of furan rings is 1. The predicted molar refractivity (Wildman–Crippen MR) is 111 cm³/mol. The van der Waals surface area contributed by atoms with E-state index in [0.717, 1.165) is 22.3 Å². The zero-order valence-electron chi connectivity index (χ0n) is 16.9. The molecular weight excluding hydrogens is 400 g/mol. The quantitative estimate of drug-likeness (QED) is 0.536. The van der Waals surface area contributed by atoms with Gasteiger partial charge in [0.2, 0.25) is 0 Å². The van der Waals surface area contributed by atoms with Gasteiger partial charge in [0.15, 0.2) is 5.54 Å². The van der Waals surface area contributed by atoms with E-state index in [0.29, 0.717) is 30.2 Å². The fourth-order valence-corrected chi connectivity index (χ4v) is 4.10. The number of benzene rings is 2. The molecule has 2 aromatic carbocycles. The second-order valence-electron chi connectivity index (χ2n) is 7.73. The Morgan fingerprint density at radius 2 is 2.06 bits per heavy atom. The summed E-state index contributed by atoms with van der Waals surface area (Å²) in [5.74, 6) is 1.35. The summed E-state index contributed by atoms with van der Waals surface area (Å²) in [6.45, 7) is 1.37. The highest BCUT2D eigenvalue weighted by atomic mass is 16.5. The monoisotopic (exact) mass is 422 g/mol. The van der Waals surface area contributed by atoms with E-state index in [1.54, 1.807) is 13.2 Å². The standard InChI is InChI=1S/C22H22N4O5/c1-29-16-4-3-14-10-26(12-30-18(14)8-16)11-22(20(27)24-21(28)25-22)19-7-15-6-13(9-23)2-5-17(15)31-19/h2-8H,9-12,23H2,1H3,(H2,24,25,27,28)/t22-/m0/s1. The van der Waals surface area contributed by atoms with Gasteiger partial charge in [-0.15, -0.1) is 0 Å². The van der Waals surface area contributed by atoms with Crippen LogP contribution in [-0.2, 0) is 23.4 Å². The molecule has 0 bridgehead atoms. The van der Waals surface area contributed by atoms with Crippen LogP contribution in [0.25, 0.3) is 11.0 Å². The van der Waals surface area contributed by atoms with E-state index in [2.05, 4.69) is 10.6 Å². The van der Waals surface area contributed by atoms with Crippen LogP contribution >= 0.6 is 0 Å². The van der Waals surface area contributed by atoms with Crippen molar-refractivity contribution in [2.24, 2.45) is 5.73 Å². The molecule has 9 nitrogen and oxygen atoms in total. The zero-order chi connectivity index (χ0) is 21.6. The highest BCUT2D eigenvalue weighted by Crippen LogP contribution is 2.35. The van der Waals surface area contributed by atoms with Gasteiger partial charge >= 0.3 is 6.03 Å². The number of hydrogen-bond donors (Lipinski definition) is 3. The van der Waals surface area contributed by atoms with Crippen LogP contribution in [0.5, 0.6) is 11.5 Å². The Labute approximate surface area is 178 Å². The third-order valence-corrected chi connectivity index (χ3v) is 5.71. The van der Waals surface area contributed by atoms with Crippen molar-refractivity contribution in [1.29, 1.82) is 0 Å². The number of fused-ring (bicyclic) bond motifs is 2. The van der Waals surface area contributed by atoms with E-state index in [9.17, 15) is 9.59 Å². The largest absolute Gasteiger partial charge is 0.497 e. The van der Waals surface area contributed by atoms with Crippen molar-refractivity contribution >= 4 is 22.9 Å². The minimum atomic E-state index is -1.37. The van der Waals surface area contributed by atoms with Crippen LogP contribution in [0, 0.1) is 0 Å². The van der Waals surface area contributed by atoms with Crippen LogP contribution < -0.4 is 25.8 Å². The number of imide groups is 1. The summed E-state index contributed by atoms with van der Waals surface area (Å²) >= 11 is 0. The molecule has 31 heavy (non-hydrogen) atoms. The van der Waals surface area contributed by atoms with E-state index in [4.69, 9.17) is 19.6 Å².